The van der Waals surface area contributed by atoms with E-state index < -0.39 is 22.7 Å². The summed E-state index contributed by atoms with van der Waals surface area (Å²) in [7, 11) is 0. The van der Waals surface area contributed by atoms with Crippen LogP contribution in [-0.2, 0) is 11.3 Å². The summed E-state index contributed by atoms with van der Waals surface area (Å²) in [4.78, 5) is 23.5. The molecule has 0 aliphatic carbocycles. The summed E-state index contributed by atoms with van der Waals surface area (Å²) in [6.07, 6.45) is 0. The summed E-state index contributed by atoms with van der Waals surface area (Å²) in [6.45, 7) is 1.97. The highest BCUT2D eigenvalue weighted by molar-refractivity contribution is 6.07. The van der Waals surface area contributed by atoms with Gasteiger partial charge in [-0.2, -0.15) is 15.6 Å². The highest BCUT2D eigenvalue weighted by atomic mass is 16.6. The molecule has 8 heteroatoms. The number of benzene rings is 2. The molecule has 2 aromatic rings. The summed E-state index contributed by atoms with van der Waals surface area (Å²) in [5.41, 5.74) is 1.82. The molecular weight excluding hydrogens is 370 g/mol. The Labute approximate surface area is 167 Å². The van der Waals surface area contributed by atoms with Crippen molar-refractivity contribution in [3.63, 3.8) is 0 Å². The molecule has 0 N–H and O–H groups in total. The third-order valence-electron chi connectivity index (χ3n) is 4.91. The largest absolute Gasteiger partial charge is 0.272 e. The van der Waals surface area contributed by atoms with Crippen LogP contribution in [-0.4, -0.2) is 21.6 Å². The third-order valence-corrected chi connectivity index (χ3v) is 4.91. The fraction of sp³-hybridized carbons (Fsp3) is 0.238. The fourth-order valence-corrected chi connectivity index (χ4v) is 3.51. The van der Waals surface area contributed by atoms with Crippen molar-refractivity contribution in [1.29, 1.82) is 10.5 Å². The molecule has 0 unspecified atom stereocenters. The zero-order valence-electron chi connectivity index (χ0n) is 15.6. The maximum atomic E-state index is 13.1. The maximum Gasteiger partial charge on any atom is 0.269 e. The molecule has 1 aliphatic heterocycles. The van der Waals surface area contributed by atoms with Crippen LogP contribution in [0.15, 0.2) is 59.7 Å². The number of nitrogens with zero attached hydrogens (tertiary/aromatic N) is 5. The number of nitro benzene ring substituents is 1. The quantitative estimate of drug-likeness (QED) is 0.555. The predicted octanol–water partition coefficient (Wildman–Crippen LogP) is 3.38. The first-order valence-electron chi connectivity index (χ1n) is 8.90. The standard InChI is InChI=1S/C21H17N5O3/c1-14-19(21(27)25(24-14)13-15-5-3-2-4-6-15)20(17(11-22)12-23)16-7-9-18(10-8-16)26(28)29/h2-10,17,19-20H,13H2,1H3/t19-,20+/m1/s1. The number of non-ortho nitro benzene ring substituents is 1. The van der Waals surface area contributed by atoms with E-state index in [1.165, 1.54) is 29.3 Å². The molecule has 29 heavy (non-hydrogen) atoms. The molecule has 0 radical (unpaired) electrons. The molecule has 0 spiro atoms. The van der Waals surface area contributed by atoms with E-state index in [2.05, 4.69) is 5.10 Å². The summed E-state index contributed by atoms with van der Waals surface area (Å²) in [6, 6.07) is 18.9. The fourth-order valence-electron chi connectivity index (χ4n) is 3.51. The molecule has 0 aromatic heterocycles. The molecule has 144 valence electrons. The van der Waals surface area contributed by atoms with E-state index in [9.17, 15) is 25.4 Å². The Morgan fingerprint density at radius 2 is 1.76 bits per heavy atom. The zero-order valence-corrected chi connectivity index (χ0v) is 15.6. The second kappa shape index (κ2) is 8.32. The zero-order chi connectivity index (χ0) is 21.0. The lowest BCUT2D eigenvalue weighted by Gasteiger charge is -2.24. The molecule has 2 aromatic carbocycles. The number of amides is 1. The van der Waals surface area contributed by atoms with E-state index in [1.54, 1.807) is 6.92 Å². The van der Waals surface area contributed by atoms with Crippen molar-refractivity contribution in [3.8, 4) is 12.1 Å². The van der Waals surface area contributed by atoms with Crippen molar-refractivity contribution >= 4 is 17.3 Å². The Bertz CT molecular complexity index is 1020. The molecule has 1 amide bonds. The van der Waals surface area contributed by atoms with Gasteiger partial charge in [-0.05, 0) is 18.1 Å². The lowest BCUT2D eigenvalue weighted by molar-refractivity contribution is -0.384. The summed E-state index contributed by atoms with van der Waals surface area (Å²) in [5.74, 6) is -2.97. The normalized spacial score (nSPS) is 16.8. The van der Waals surface area contributed by atoms with Crippen LogP contribution >= 0.6 is 0 Å². The van der Waals surface area contributed by atoms with Gasteiger partial charge in [0.1, 0.15) is 5.92 Å². The third kappa shape index (κ3) is 3.97. The summed E-state index contributed by atoms with van der Waals surface area (Å²) >= 11 is 0. The van der Waals surface area contributed by atoms with Crippen LogP contribution in [0.25, 0.3) is 0 Å². The first kappa shape index (κ1) is 19.7. The molecule has 0 bridgehead atoms. The number of carbonyl (C=O) groups is 1. The van der Waals surface area contributed by atoms with Gasteiger partial charge in [-0.1, -0.05) is 42.5 Å². The molecule has 2 atom stereocenters. The Balaban J connectivity index is 1.95. The van der Waals surface area contributed by atoms with Gasteiger partial charge < -0.3 is 0 Å². The summed E-state index contributed by atoms with van der Waals surface area (Å²) in [5, 5.41) is 35.6. The highest BCUT2D eigenvalue weighted by Gasteiger charge is 2.43. The SMILES string of the molecule is CC1=NN(Cc2ccccc2)C(=O)[C@H]1[C@@H](c1ccc([N+](=O)[O-])cc1)C(C#N)C#N. The van der Waals surface area contributed by atoms with E-state index in [1.807, 2.05) is 42.5 Å². The van der Waals surface area contributed by atoms with Crippen molar-refractivity contribution in [3.05, 3.63) is 75.8 Å². The predicted molar refractivity (Wildman–Crippen MR) is 104 cm³/mol. The van der Waals surface area contributed by atoms with Gasteiger partial charge in [0.25, 0.3) is 11.6 Å². The molecule has 0 fully saturated rings. The van der Waals surface area contributed by atoms with E-state index in [0.29, 0.717) is 11.3 Å². The Hall–Kier alpha value is -4.04. The highest BCUT2D eigenvalue weighted by Crippen LogP contribution is 2.38. The van der Waals surface area contributed by atoms with E-state index >= 15 is 0 Å². The van der Waals surface area contributed by atoms with Gasteiger partial charge >= 0.3 is 0 Å². The lowest BCUT2D eigenvalue weighted by Crippen LogP contribution is -2.34. The number of hydrogen-bond acceptors (Lipinski definition) is 6. The number of hydrazone groups is 1. The minimum absolute atomic E-state index is 0.105. The minimum atomic E-state index is -1.10. The molecule has 1 heterocycles. The first-order valence-corrected chi connectivity index (χ1v) is 8.90. The molecular formula is C21H17N5O3. The Morgan fingerprint density at radius 3 is 2.31 bits per heavy atom. The van der Waals surface area contributed by atoms with Crippen LogP contribution in [0.1, 0.15) is 24.0 Å². The molecule has 3 rings (SSSR count). The van der Waals surface area contributed by atoms with Gasteiger partial charge in [-0.25, -0.2) is 5.01 Å². The lowest BCUT2D eigenvalue weighted by atomic mass is 9.75. The van der Waals surface area contributed by atoms with E-state index in [0.717, 1.165) is 5.56 Å². The molecule has 1 aliphatic rings. The number of nitro groups is 1. The van der Waals surface area contributed by atoms with Crippen LogP contribution in [0.5, 0.6) is 0 Å². The second-order valence-electron chi connectivity index (χ2n) is 6.71. The van der Waals surface area contributed by atoms with Crippen molar-refractivity contribution in [2.75, 3.05) is 0 Å². The van der Waals surface area contributed by atoms with Gasteiger partial charge in [0.2, 0.25) is 0 Å². The van der Waals surface area contributed by atoms with Gasteiger partial charge in [-0.3, -0.25) is 14.9 Å². The Morgan fingerprint density at radius 1 is 1.14 bits per heavy atom. The molecule has 8 nitrogen and oxygen atoms in total. The molecule has 0 saturated heterocycles. The van der Waals surface area contributed by atoms with Crippen molar-refractivity contribution < 1.29 is 9.72 Å². The van der Waals surface area contributed by atoms with Crippen LogP contribution in [0.3, 0.4) is 0 Å². The van der Waals surface area contributed by atoms with Crippen molar-refractivity contribution in [1.82, 2.24) is 5.01 Å². The minimum Gasteiger partial charge on any atom is -0.272 e. The summed E-state index contributed by atoms with van der Waals surface area (Å²) < 4.78 is 0. The van der Waals surface area contributed by atoms with Gasteiger partial charge in [0.15, 0.2) is 0 Å². The van der Waals surface area contributed by atoms with Gasteiger partial charge in [0, 0.05) is 23.8 Å². The van der Waals surface area contributed by atoms with Crippen molar-refractivity contribution in [2.45, 2.75) is 19.4 Å². The van der Waals surface area contributed by atoms with Crippen LogP contribution in [0, 0.1) is 44.6 Å². The van der Waals surface area contributed by atoms with Gasteiger partial charge in [-0.15, -0.1) is 0 Å². The molecule has 0 saturated carbocycles. The monoisotopic (exact) mass is 387 g/mol. The van der Waals surface area contributed by atoms with E-state index in [4.69, 9.17) is 0 Å². The first-order chi connectivity index (χ1) is 14.0. The van der Waals surface area contributed by atoms with Gasteiger partial charge in [0.05, 0.1) is 29.5 Å². The Kier molecular flexibility index (Phi) is 5.66. The maximum absolute atomic E-state index is 13.1. The number of rotatable bonds is 6. The topological polar surface area (TPSA) is 123 Å². The smallest absolute Gasteiger partial charge is 0.269 e. The average Bonchev–Trinajstić information content (AvgIpc) is 3.00. The average molecular weight is 387 g/mol. The number of carbonyl (C=O) groups excluding carboxylic acids is 1. The van der Waals surface area contributed by atoms with Crippen LogP contribution < -0.4 is 0 Å². The van der Waals surface area contributed by atoms with Crippen LogP contribution in [0.4, 0.5) is 5.69 Å². The van der Waals surface area contributed by atoms with E-state index in [-0.39, 0.29) is 18.1 Å². The number of nitriles is 2. The second-order valence-corrected chi connectivity index (χ2v) is 6.71. The van der Waals surface area contributed by atoms with Crippen LogP contribution in [0.2, 0.25) is 0 Å². The number of hydrogen-bond donors (Lipinski definition) is 0. The van der Waals surface area contributed by atoms with Crippen molar-refractivity contribution in [2.24, 2.45) is 16.9 Å².